The van der Waals surface area contributed by atoms with Gasteiger partial charge in [0.1, 0.15) is 6.54 Å². The molecule has 0 spiro atoms. The molecule has 2 heterocycles. The fourth-order valence-electron chi connectivity index (χ4n) is 2.50. The molecule has 1 unspecified atom stereocenters. The Bertz CT molecular complexity index is 482. The van der Waals surface area contributed by atoms with E-state index in [2.05, 4.69) is 5.32 Å². The Hall–Kier alpha value is -2.00. The second-order valence-corrected chi connectivity index (χ2v) is 5.11. The maximum atomic E-state index is 13.0. The highest BCUT2D eigenvalue weighted by molar-refractivity contribution is 5.86. The molecule has 0 aromatic rings. The van der Waals surface area contributed by atoms with Gasteiger partial charge in [-0.1, -0.05) is 0 Å². The summed E-state index contributed by atoms with van der Waals surface area (Å²) in [7, 11) is 0. The van der Waals surface area contributed by atoms with E-state index in [1.807, 2.05) is 0 Å². The highest BCUT2D eigenvalue weighted by atomic mass is 19.4. The van der Waals surface area contributed by atoms with Crippen LogP contribution in [-0.2, 0) is 9.59 Å². The average molecular weight is 309 g/mol. The Morgan fingerprint density at radius 1 is 1.24 bits per heavy atom. The normalized spacial score (nSPS) is 26.7. The van der Waals surface area contributed by atoms with Crippen molar-refractivity contribution in [3.05, 3.63) is 0 Å². The summed E-state index contributed by atoms with van der Waals surface area (Å²) in [6, 6.07) is -0.739. The topological polar surface area (TPSA) is 90.0 Å². The number of halogens is 3. The lowest BCUT2D eigenvalue weighted by atomic mass is 9.86. The van der Waals surface area contributed by atoms with Gasteiger partial charge in [-0.15, -0.1) is 0 Å². The van der Waals surface area contributed by atoms with Crippen LogP contribution in [0, 0.1) is 5.41 Å². The van der Waals surface area contributed by atoms with Crippen molar-refractivity contribution in [1.29, 1.82) is 0 Å². The predicted octanol–water partition coefficient (Wildman–Crippen LogP) is -0.123. The zero-order chi connectivity index (χ0) is 15.8. The molecule has 0 saturated carbocycles. The van der Waals surface area contributed by atoms with Crippen molar-refractivity contribution in [2.24, 2.45) is 5.41 Å². The number of amides is 3. The molecule has 21 heavy (non-hydrogen) atoms. The van der Waals surface area contributed by atoms with Gasteiger partial charge in [0.05, 0.1) is 0 Å². The summed E-state index contributed by atoms with van der Waals surface area (Å²) in [5.74, 6) is -2.38. The predicted molar refractivity (Wildman–Crippen MR) is 62.3 cm³/mol. The zero-order valence-corrected chi connectivity index (χ0v) is 10.9. The lowest BCUT2D eigenvalue weighted by Crippen LogP contribution is -2.54. The minimum absolute atomic E-state index is 0.188. The highest BCUT2D eigenvalue weighted by Gasteiger charge is 2.64. The van der Waals surface area contributed by atoms with Crippen LogP contribution < -0.4 is 5.32 Å². The second kappa shape index (κ2) is 5.08. The first-order valence-electron chi connectivity index (χ1n) is 6.28. The molecule has 0 bridgehead atoms. The molecule has 2 aliphatic rings. The van der Waals surface area contributed by atoms with E-state index >= 15 is 0 Å². The van der Waals surface area contributed by atoms with E-state index in [4.69, 9.17) is 5.11 Å². The summed E-state index contributed by atoms with van der Waals surface area (Å²) in [6.07, 6.45) is -5.62. The maximum absolute atomic E-state index is 13.0. The number of rotatable bonds is 1. The molecule has 0 aliphatic carbocycles. The van der Waals surface area contributed by atoms with Gasteiger partial charge in [0.25, 0.3) is 0 Å². The van der Waals surface area contributed by atoms with Crippen LogP contribution in [0.5, 0.6) is 0 Å². The minimum atomic E-state index is -4.94. The van der Waals surface area contributed by atoms with Gasteiger partial charge in [0.2, 0.25) is 5.91 Å². The van der Waals surface area contributed by atoms with E-state index in [0.29, 0.717) is 0 Å². The van der Waals surface area contributed by atoms with Crippen molar-refractivity contribution in [3.63, 3.8) is 0 Å². The first-order valence-corrected chi connectivity index (χ1v) is 6.28. The summed E-state index contributed by atoms with van der Waals surface area (Å²) >= 11 is 0. The average Bonchev–Trinajstić information content (AvgIpc) is 2.83. The van der Waals surface area contributed by atoms with Crippen LogP contribution in [0.1, 0.15) is 6.42 Å². The quantitative estimate of drug-likeness (QED) is 0.706. The third kappa shape index (κ3) is 2.61. The SMILES string of the molecule is O=C1CN(C(=O)N2CCC(C(=O)O)(C(F)(F)F)C2)CCN1. The van der Waals surface area contributed by atoms with E-state index in [-0.39, 0.29) is 26.2 Å². The van der Waals surface area contributed by atoms with Crippen LogP contribution in [0.2, 0.25) is 0 Å². The summed E-state index contributed by atoms with van der Waals surface area (Å²) in [6.45, 7) is -1.05. The number of nitrogens with zero attached hydrogens (tertiary/aromatic N) is 2. The summed E-state index contributed by atoms with van der Waals surface area (Å²) in [5.41, 5.74) is -2.93. The van der Waals surface area contributed by atoms with Crippen molar-refractivity contribution in [2.75, 3.05) is 32.7 Å². The van der Waals surface area contributed by atoms with Gasteiger partial charge in [0.15, 0.2) is 5.41 Å². The Kier molecular flexibility index (Phi) is 3.72. The minimum Gasteiger partial charge on any atom is -0.481 e. The highest BCUT2D eigenvalue weighted by Crippen LogP contribution is 2.45. The number of nitrogens with one attached hydrogen (secondary N) is 1. The number of hydrogen-bond donors (Lipinski definition) is 2. The molecule has 0 radical (unpaired) electrons. The summed E-state index contributed by atoms with van der Waals surface area (Å²) in [4.78, 5) is 36.3. The molecule has 2 aliphatic heterocycles. The van der Waals surface area contributed by atoms with E-state index in [1.54, 1.807) is 0 Å². The van der Waals surface area contributed by atoms with Crippen LogP contribution >= 0.6 is 0 Å². The van der Waals surface area contributed by atoms with Crippen molar-refractivity contribution in [2.45, 2.75) is 12.6 Å². The van der Waals surface area contributed by atoms with E-state index in [0.717, 1.165) is 9.80 Å². The third-order valence-corrected chi connectivity index (χ3v) is 3.80. The molecule has 7 nitrogen and oxygen atoms in total. The Morgan fingerprint density at radius 3 is 2.38 bits per heavy atom. The number of likely N-dealkylation sites (tertiary alicyclic amines) is 1. The van der Waals surface area contributed by atoms with Gasteiger partial charge in [-0.25, -0.2) is 4.79 Å². The Morgan fingerprint density at radius 2 is 1.90 bits per heavy atom. The smallest absolute Gasteiger partial charge is 0.406 e. The van der Waals surface area contributed by atoms with Gasteiger partial charge < -0.3 is 20.2 Å². The van der Waals surface area contributed by atoms with Gasteiger partial charge in [-0.2, -0.15) is 13.2 Å². The van der Waals surface area contributed by atoms with Crippen LogP contribution in [-0.4, -0.2) is 71.7 Å². The Balaban J connectivity index is 2.12. The van der Waals surface area contributed by atoms with Crippen LogP contribution in [0.15, 0.2) is 0 Å². The van der Waals surface area contributed by atoms with Crippen molar-refractivity contribution in [1.82, 2.24) is 15.1 Å². The van der Waals surface area contributed by atoms with E-state index in [1.165, 1.54) is 0 Å². The molecule has 2 N–H and O–H groups in total. The summed E-state index contributed by atoms with van der Waals surface area (Å²) in [5, 5.41) is 11.4. The number of aliphatic carboxylic acids is 1. The van der Waals surface area contributed by atoms with E-state index in [9.17, 15) is 27.6 Å². The maximum Gasteiger partial charge on any atom is 0.406 e. The number of carbonyl (C=O) groups excluding carboxylic acids is 2. The van der Waals surface area contributed by atoms with Crippen molar-refractivity contribution in [3.8, 4) is 0 Å². The number of carboxylic acid groups (broad SMARTS) is 1. The van der Waals surface area contributed by atoms with Crippen molar-refractivity contribution < 1.29 is 32.7 Å². The number of piperazine rings is 1. The number of hydrogen-bond acceptors (Lipinski definition) is 3. The molecular weight excluding hydrogens is 295 g/mol. The largest absolute Gasteiger partial charge is 0.481 e. The molecule has 118 valence electrons. The molecule has 2 rings (SSSR count). The number of carbonyl (C=O) groups is 3. The molecule has 2 fully saturated rings. The van der Waals surface area contributed by atoms with Gasteiger partial charge in [-0.3, -0.25) is 9.59 Å². The summed E-state index contributed by atoms with van der Waals surface area (Å²) < 4.78 is 39.0. The van der Waals surface area contributed by atoms with E-state index < -0.39 is 42.5 Å². The number of urea groups is 1. The molecular formula is C11H14F3N3O4. The monoisotopic (exact) mass is 309 g/mol. The number of carboxylic acids is 1. The zero-order valence-electron chi connectivity index (χ0n) is 10.9. The lowest BCUT2D eigenvalue weighted by Gasteiger charge is -2.32. The van der Waals surface area contributed by atoms with Crippen LogP contribution in [0.25, 0.3) is 0 Å². The van der Waals surface area contributed by atoms with Crippen LogP contribution in [0.3, 0.4) is 0 Å². The van der Waals surface area contributed by atoms with Gasteiger partial charge in [-0.05, 0) is 6.42 Å². The molecule has 2 saturated heterocycles. The third-order valence-electron chi connectivity index (χ3n) is 3.80. The second-order valence-electron chi connectivity index (χ2n) is 5.11. The molecule has 0 aromatic carbocycles. The van der Waals surface area contributed by atoms with Crippen LogP contribution in [0.4, 0.5) is 18.0 Å². The first-order chi connectivity index (χ1) is 9.67. The standard InChI is InChI=1S/C11H14F3N3O4/c12-11(13,14)10(8(19)20)1-3-17(6-10)9(21)16-4-2-15-7(18)5-16/h1-6H2,(H,15,18)(H,19,20). The fraction of sp³-hybridized carbons (Fsp3) is 0.727. The molecule has 0 aromatic heterocycles. The van der Waals surface area contributed by atoms with Crippen molar-refractivity contribution >= 4 is 17.9 Å². The molecule has 3 amide bonds. The Labute approximate surface area is 117 Å². The molecule has 1 atom stereocenters. The molecule has 10 heteroatoms. The van der Waals surface area contributed by atoms with Gasteiger partial charge in [0, 0.05) is 26.2 Å². The first kappa shape index (κ1) is 15.4. The van der Waals surface area contributed by atoms with Gasteiger partial charge >= 0.3 is 18.2 Å². The number of alkyl halides is 3. The lowest BCUT2D eigenvalue weighted by molar-refractivity contribution is -0.227. The fourth-order valence-corrected chi connectivity index (χ4v) is 2.50.